The average Bonchev–Trinajstić information content (AvgIpc) is 3.26. The van der Waals surface area contributed by atoms with Crippen molar-refractivity contribution in [1.29, 1.82) is 0 Å². The predicted octanol–water partition coefficient (Wildman–Crippen LogP) is 4.97. The average molecular weight is 497 g/mol. The number of amides is 2. The first-order valence-electron chi connectivity index (χ1n) is 8.57. The molecule has 0 saturated carbocycles. The summed E-state index contributed by atoms with van der Waals surface area (Å²) in [5.74, 6) is -4.65. The van der Waals surface area contributed by atoms with Crippen LogP contribution in [0.5, 0.6) is 0 Å². The first kappa shape index (κ1) is 20.6. The number of carbonyl (C=O) groups excluding carboxylic acids is 2. The maximum absolute atomic E-state index is 15.2. The van der Waals surface area contributed by atoms with Crippen molar-refractivity contribution in [2.45, 2.75) is 6.17 Å². The van der Waals surface area contributed by atoms with Gasteiger partial charge in [0.2, 0.25) is 0 Å². The van der Waals surface area contributed by atoms with Crippen LogP contribution in [-0.2, 0) is 4.79 Å². The molecular weight excluding hydrogens is 485 g/mol. The zero-order chi connectivity index (χ0) is 21.6. The first-order chi connectivity index (χ1) is 14.3. The molecule has 1 unspecified atom stereocenters. The van der Waals surface area contributed by atoms with Crippen LogP contribution in [-0.4, -0.2) is 33.5 Å². The summed E-state index contributed by atoms with van der Waals surface area (Å²) >= 11 is 4.42. The van der Waals surface area contributed by atoms with Gasteiger partial charge in [0, 0.05) is 15.4 Å². The van der Waals surface area contributed by atoms with Crippen molar-refractivity contribution < 1.29 is 28.0 Å². The fraction of sp³-hybridized carbons (Fsp3) is 0.100. The minimum absolute atomic E-state index is 0.0958. The van der Waals surface area contributed by atoms with Gasteiger partial charge in [-0.25, -0.2) is 13.2 Å². The molecule has 1 fully saturated rings. The van der Waals surface area contributed by atoms with E-state index in [0.717, 1.165) is 40.5 Å². The molecular formula is C20H12BrF3N2O3S. The maximum Gasteiger partial charge on any atom is 0.268 e. The Labute approximate surface area is 181 Å². The number of carbonyl (C=O) groups is 2. The summed E-state index contributed by atoms with van der Waals surface area (Å²) in [6.07, 6.45) is -1.21. The lowest BCUT2D eigenvalue weighted by molar-refractivity contribution is -0.168. The number of hydrogen-bond acceptors (Lipinski definition) is 4. The van der Waals surface area contributed by atoms with Crippen molar-refractivity contribution in [3.05, 3.63) is 80.2 Å². The minimum Gasteiger partial charge on any atom is -0.302 e. The zero-order valence-electron chi connectivity index (χ0n) is 15.0. The molecule has 4 rings (SSSR count). The van der Waals surface area contributed by atoms with Crippen molar-refractivity contribution in [3.63, 3.8) is 0 Å². The number of thiophene rings is 1. The second kappa shape index (κ2) is 7.86. The molecule has 1 saturated heterocycles. The molecule has 1 aliphatic heterocycles. The normalized spacial score (nSPS) is 16.4. The largest absolute Gasteiger partial charge is 0.302 e. The van der Waals surface area contributed by atoms with Crippen molar-refractivity contribution in [1.82, 2.24) is 9.96 Å². The second-order valence-electron chi connectivity index (χ2n) is 6.50. The van der Waals surface area contributed by atoms with E-state index in [4.69, 9.17) is 0 Å². The van der Waals surface area contributed by atoms with E-state index in [2.05, 4.69) is 15.9 Å². The number of hydrogen-bond donors (Lipinski definition) is 1. The number of hydroxylamine groups is 2. The molecule has 0 bridgehead atoms. The van der Waals surface area contributed by atoms with Crippen LogP contribution in [0.15, 0.2) is 52.3 Å². The number of rotatable bonds is 3. The van der Waals surface area contributed by atoms with Crippen LogP contribution in [0.1, 0.15) is 21.4 Å². The molecule has 10 heteroatoms. The topological polar surface area (TPSA) is 60.9 Å². The van der Waals surface area contributed by atoms with Gasteiger partial charge in [0.05, 0.1) is 4.88 Å². The van der Waals surface area contributed by atoms with Crippen LogP contribution in [0.3, 0.4) is 0 Å². The van der Waals surface area contributed by atoms with E-state index >= 15 is 4.39 Å². The SMILES string of the molecule is O=C1CN(C(=O)c2c(F)ccc(-c3ccc(F)cc3)c2F)C(c2cc(Br)cs2)N1O. The van der Waals surface area contributed by atoms with Crippen LogP contribution in [0.4, 0.5) is 13.2 Å². The molecule has 30 heavy (non-hydrogen) atoms. The van der Waals surface area contributed by atoms with Crippen LogP contribution < -0.4 is 0 Å². The van der Waals surface area contributed by atoms with Crippen molar-refractivity contribution in [2.24, 2.45) is 0 Å². The van der Waals surface area contributed by atoms with E-state index < -0.39 is 47.5 Å². The first-order valence-corrected chi connectivity index (χ1v) is 10.2. The smallest absolute Gasteiger partial charge is 0.268 e. The second-order valence-corrected chi connectivity index (χ2v) is 8.36. The van der Waals surface area contributed by atoms with Gasteiger partial charge in [0.1, 0.15) is 29.6 Å². The molecule has 2 aromatic carbocycles. The molecule has 0 spiro atoms. The molecule has 1 atom stereocenters. The van der Waals surface area contributed by atoms with E-state index in [0.29, 0.717) is 14.4 Å². The van der Waals surface area contributed by atoms with Crippen LogP contribution in [0.25, 0.3) is 11.1 Å². The molecule has 1 N–H and O–H groups in total. The highest BCUT2D eigenvalue weighted by molar-refractivity contribution is 9.10. The quantitative estimate of drug-likeness (QED) is 0.521. The number of nitrogens with zero attached hydrogens (tertiary/aromatic N) is 2. The lowest BCUT2D eigenvalue weighted by atomic mass is 10.0. The Bertz CT molecular complexity index is 1150. The highest BCUT2D eigenvalue weighted by atomic mass is 79.9. The van der Waals surface area contributed by atoms with Gasteiger partial charge in [0.15, 0.2) is 6.17 Å². The highest BCUT2D eigenvalue weighted by Gasteiger charge is 2.43. The van der Waals surface area contributed by atoms with E-state index in [1.807, 2.05) is 0 Å². The summed E-state index contributed by atoms with van der Waals surface area (Å²) in [6, 6.07) is 8.52. The summed E-state index contributed by atoms with van der Waals surface area (Å²) in [7, 11) is 0. The number of halogens is 4. The third-order valence-corrected chi connectivity index (χ3v) is 6.38. The highest BCUT2D eigenvalue weighted by Crippen LogP contribution is 2.37. The third kappa shape index (κ3) is 3.51. The summed E-state index contributed by atoms with van der Waals surface area (Å²) in [5, 5.41) is 12.2. The Kier molecular flexibility index (Phi) is 5.39. The molecule has 2 amide bonds. The van der Waals surface area contributed by atoms with Gasteiger partial charge < -0.3 is 4.90 Å². The Balaban J connectivity index is 1.78. The third-order valence-electron chi connectivity index (χ3n) is 4.65. The zero-order valence-corrected chi connectivity index (χ0v) is 17.4. The number of benzene rings is 2. The minimum atomic E-state index is -1.21. The van der Waals surface area contributed by atoms with Gasteiger partial charge >= 0.3 is 0 Å². The Morgan fingerprint density at radius 1 is 1.13 bits per heavy atom. The van der Waals surface area contributed by atoms with Gasteiger partial charge in [0.25, 0.3) is 11.8 Å². The molecule has 3 aromatic rings. The Morgan fingerprint density at radius 3 is 2.47 bits per heavy atom. The molecule has 2 heterocycles. The summed E-state index contributed by atoms with van der Waals surface area (Å²) < 4.78 is 43.6. The molecule has 1 aromatic heterocycles. The Morgan fingerprint density at radius 2 is 1.83 bits per heavy atom. The lowest BCUT2D eigenvalue weighted by Gasteiger charge is -2.25. The monoisotopic (exact) mass is 496 g/mol. The van der Waals surface area contributed by atoms with Crippen molar-refractivity contribution in [2.75, 3.05) is 6.54 Å². The molecule has 154 valence electrons. The fourth-order valence-corrected chi connectivity index (χ4v) is 4.78. The van der Waals surface area contributed by atoms with Gasteiger partial charge in [-0.3, -0.25) is 14.8 Å². The van der Waals surface area contributed by atoms with Crippen LogP contribution >= 0.6 is 27.3 Å². The Hall–Kier alpha value is -2.69. The van der Waals surface area contributed by atoms with Gasteiger partial charge in [-0.05, 0) is 51.8 Å². The van der Waals surface area contributed by atoms with E-state index in [9.17, 15) is 23.6 Å². The van der Waals surface area contributed by atoms with Crippen LogP contribution in [0, 0.1) is 17.5 Å². The summed E-state index contributed by atoms with van der Waals surface area (Å²) in [5.41, 5.74) is -0.704. The standard InChI is InChI=1S/C20H12BrF3N2O3S/c21-11-7-15(30-9-11)19-25(8-16(27)26(19)29)20(28)17-14(23)6-5-13(18(17)24)10-1-3-12(22)4-2-10/h1-7,9,19,29H,8H2. The van der Waals surface area contributed by atoms with Gasteiger partial charge in [-0.2, -0.15) is 5.06 Å². The fourth-order valence-electron chi connectivity index (χ4n) is 3.24. The lowest BCUT2D eigenvalue weighted by Crippen LogP contribution is -2.35. The van der Waals surface area contributed by atoms with E-state index in [1.54, 1.807) is 11.4 Å². The van der Waals surface area contributed by atoms with Crippen molar-refractivity contribution >= 4 is 39.1 Å². The van der Waals surface area contributed by atoms with Gasteiger partial charge in [-0.1, -0.05) is 12.1 Å². The van der Waals surface area contributed by atoms with Crippen molar-refractivity contribution in [3.8, 4) is 11.1 Å². The molecule has 1 aliphatic rings. The predicted molar refractivity (Wildman–Crippen MR) is 106 cm³/mol. The van der Waals surface area contributed by atoms with Crippen LogP contribution in [0.2, 0.25) is 0 Å². The van der Waals surface area contributed by atoms with E-state index in [1.165, 1.54) is 12.1 Å². The summed E-state index contributed by atoms with van der Waals surface area (Å²) in [6.45, 7) is -0.546. The van der Waals surface area contributed by atoms with Gasteiger partial charge in [-0.15, -0.1) is 11.3 Å². The molecule has 5 nitrogen and oxygen atoms in total. The summed E-state index contributed by atoms with van der Waals surface area (Å²) in [4.78, 5) is 26.5. The molecule has 0 radical (unpaired) electrons. The maximum atomic E-state index is 15.2. The molecule has 0 aliphatic carbocycles. The van der Waals surface area contributed by atoms with E-state index in [-0.39, 0.29) is 11.1 Å².